The molecule has 0 radical (unpaired) electrons. The Balaban J connectivity index is 0.00000147. The van der Waals surface area contributed by atoms with Crippen LogP contribution in [0.25, 0.3) is 11.0 Å². The third-order valence-corrected chi connectivity index (χ3v) is 3.43. The van der Waals surface area contributed by atoms with Crippen LogP contribution in [0.3, 0.4) is 0 Å². The first-order valence-electron chi connectivity index (χ1n) is 6.08. The fourth-order valence-electron chi connectivity index (χ4n) is 2.34. The van der Waals surface area contributed by atoms with Gasteiger partial charge in [0.05, 0.1) is 11.9 Å². The predicted molar refractivity (Wildman–Crippen MR) is 79.0 cm³/mol. The Morgan fingerprint density at radius 1 is 1.35 bits per heavy atom. The highest BCUT2D eigenvalue weighted by Crippen LogP contribution is 2.30. The number of halogens is 1. The number of hydrogen-bond acceptors (Lipinski definition) is 3. The third-order valence-electron chi connectivity index (χ3n) is 3.43. The van der Waals surface area contributed by atoms with E-state index in [-0.39, 0.29) is 12.4 Å². The predicted octanol–water partition coefficient (Wildman–Crippen LogP) is 3.59. The van der Waals surface area contributed by atoms with Crippen LogP contribution in [-0.4, -0.2) is 9.55 Å². The van der Waals surface area contributed by atoms with Crippen LogP contribution in [0.2, 0.25) is 0 Å². The molecule has 3 aromatic rings. The van der Waals surface area contributed by atoms with Crippen LogP contribution in [0, 0.1) is 25.2 Å². The Labute approximate surface area is 123 Å². The standard InChI is InChI=1S/C15H13N3O.ClH/c1-10-11(2)19-15-12(7-16)3-4-13(14(10)15)8-18-6-5-17-9-18;/h3-6,9H,8H2,1-2H3;1H. The number of fused-ring (bicyclic) bond motifs is 1. The van der Waals surface area contributed by atoms with Crippen molar-refractivity contribution in [2.45, 2.75) is 20.4 Å². The summed E-state index contributed by atoms with van der Waals surface area (Å²) in [6.45, 7) is 4.68. The number of furan rings is 1. The van der Waals surface area contributed by atoms with Gasteiger partial charge in [0.2, 0.25) is 0 Å². The number of nitrogens with zero attached hydrogens (tertiary/aromatic N) is 3. The van der Waals surface area contributed by atoms with Crippen LogP contribution in [0.5, 0.6) is 0 Å². The van der Waals surface area contributed by atoms with Crippen molar-refractivity contribution >= 4 is 23.4 Å². The summed E-state index contributed by atoms with van der Waals surface area (Å²) in [5.41, 5.74) is 3.51. The van der Waals surface area contributed by atoms with Gasteiger partial charge in [-0.1, -0.05) is 6.07 Å². The van der Waals surface area contributed by atoms with Crippen molar-refractivity contribution in [1.29, 1.82) is 5.26 Å². The Morgan fingerprint density at radius 2 is 2.15 bits per heavy atom. The molecule has 0 aliphatic rings. The molecular formula is C15H14ClN3O. The molecule has 0 saturated carbocycles. The molecule has 0 aliphatic heterocycles. The first kappa shape index (κ1) is 14.2. The van der Waals surface area contributed by atoms with Gasteiger partial charge in [-0.15, -0.1) is 12.4 Å². The monoisotopic (exact) mass is 287 g/mol. The molecule has 1 aromatic carbocycles. The minimum absolute atomic E-state index is 0. The summed E-state index contributed by atoms with van der Waals surface area (Å²) in [6.07, 6.45) is 5.47. The maximum absolute atomic E-state index is 9.16. The maximum Gasteiger partial charge on any atom is 0.152 e. The van der Waals surface area contributed by atoms with Crippen LogP contribution in [0.15, 0.2) is 35.3 Å². The van der Waals surface area contributed by atoms with Gasteiger partial charge in [-0.2, -0.15) is 5.26 Å². The van der Waals surface area contributed by atoms with Gasteiger partial charge in [-0.25, -0.2) is 4.98 Å². The molecule has 0 fully saturated rings. The highest BCUT2D eigenvalue weighted by atomic mass is 35.5. The van der Waals surface area contributed by atoms with Crippen molar-refractivity contribution in [2.24, 2.45) is 0 Å². The van der Waals surface area contributed by atoms with Crippen molar-refractivity contribution in [3.8, 4) is 6.07 Å². The van der Waals surface area contributed by atoms with Crippen LogP contribution in [0.4, 0.5) is 0 Å². The molecule has 0 amide bonds. The van der Waals surface area contributed by atoms with Gasteiger partial charge in [0.15, 0.2) is 5.58 Å². The molecule has 0 bridgehead atoms. The molecule has 0 spiro atoms. The molecule has 2 heterocycles. The number of hydrogen-bond donors (Lipinski definition) is 0. The highest BCUT2D eigenvalue weighted by Gasteiger charge is 2.15. The minimum atomic E-state index is 0. The lowest BCUT2D eigenvalue weighted by Gasteiger charge is -2.05. The largest absolute Gasteiger partial charge is 0.460 e. The van der Waals surface area contributed by atoms with E-state index in [2.05, 4.69) is 11.1 Å². The van der Waals surface area contributed by atoms with Crippen LogP contribution in [0.1, 0.15) is 22.5 Å². The SMILES string of the molecule is Cc1oc2c(C#N)ccc(Cn3ccnc3)c2c1C.Cl. The maximum atomic E-state index is 9.16. The van der Waals surface area contributed by atoms with Crippen LogP contribution < -0.4 is 0 Å². The van der Waals surface area contributed by atoms with Gasteiger partial charge in [-0.3, -0.25) is 0 Å². The van der Waals surface area contributed by atoms with Crippen molar-refractivity contribution in [3.63, 3.8) is 0 Å². The number of aryl methyl sites for hydroxylation is 2. The smallest absolute Gasteiger partial charge is 0.152 e. The highest BCUT2D eigenvalue weighted by molar-refractivity contribution is 5.89. The molecule has 102 valence electrons. The van der Waals surface area contributed by atoms with Gasteiger partial charge in [-0.05, 0) is 31.0 Å². The summed E-state index contributed by atoms with van der Waals surface area (Å²) < 4.78 is 7.74. The number of imidazole rings is 1. The van der Waals surface area contributed by atoms with Gasteiger partial charge < -0.3 is 8.98 Å². The second-order valence-corrected chi connectivity index (χ2v) is 4.61. The molecule has 0 aliphatic carbocycles. The van der Waals surface area contributed by atoms with Gasteiger partial charge in [0.25, 0.3) is 0 Å². The fourth-order valence-corrected chi connectivity index (χ4v) is 2.34. The van der Waals surface area contributed by atoms with E-state index in [1.807, 2.05) is 36.7 Å². The molecular weight excluding hydrogens is 274 g/mol. The molecule has 0 saturated heterocycles. The summed E-state index contributed by atoms with van der Waals surface area (Å²) in [5.74, 6) is 0.865. The molecule has 0 unspecified atom stereocenters. The molecule has 0 N–H and O–H groups in total. The normalized spacial score (nSPS) is 10.2. The molecule has 20 heavy (non-hydrogen) atoms. The second kappa shape index (κ2) is 5.40. The first-order valence-corrected chi connectivity index (χ1v) is 6.08. The zero-order chi connectivity index (χ0) is 13.4. The number of aromatic nitrogens is 2. The molecule has 5 heteroatoms. The van der Waals surface area contributed by atoms with Gasteiger partial charge >= 0.3 is 0 Å². The first-order chi connectivity index (χ1) is 9.20. The van der Waals surface area contributed by atoms with E-state index < -0.39 is 0 Å². The van der Waals surface area contributed by atoms with E-state index in [4.69, 9.17) is 9.68 Å². The zero-order valence-electron chi connectivity index (χ0n) is 11.3. The summed E-state index contributed by atoms with van der Waals surface area (Å²) in [4.78, 5) is 4.05. The van der Waals surface area contributed by atoms with E-state index in [0.717, 1.165) is 28.8 Å². The van der Waals surface area contributed by atoms with Gasteiger partial charge in [0, 0.05) is 24.3 Å². The Hall–Kier alpha value is -2.25. The average Bonchev–Trinajstić information content (AvgIpc) is 3.00. The lowest BCUT2D eigenvalue weighted by Crippen LogP contribution is -1.98. The van der Waals surface area contributed by atoms with E-state index in [0.29, 0.717) is 11.1 Å². The topological polar surface area (TPSA) is 54.8 Å². The molecule has 0 atom stereocenters. The number of rotatable bonds is 2. The minimum Gasteiger partial charge on any atom is -0.460 e. The van der Waals surface area contributed by atoms with Crippen LogP contribution in [-0.2, 0) is 6.54 Å². The van der Waals surface area contributed by atoms with Crippen LogP contribution >= 0.6 is 12.4 Å². The van der Waals surface area contributed by atoms with Crippen molar-refractivity contribution in [1.82, 2.24) is 9.55 Å². The van der Waals surface area contributed by atoms with Crippen molar-refractivity contribution in [2.75, 3.05) is 0 Å². The summed E-state index contributed by atoms with van der Waals surface area (Å²) in [5, 5.41) is 10.2. The number of benzene rings is 1. The lowest BCUT2D eigenvalue weighted by molar-refractivity contribution is 0.574. The van der Waals surface area contributed by atoms with E-state index in [1.54, 1.807) is 12.5 Å². The van der Waals surface area contributed by atoms with Crippen molar-refractivity contribution < 1.29 is 4.42 Å². The Bertz CT molecular complexity index is 782. The summed E-state index contributed by atoms with van der Waals surface area (Å²) in [6, 6.07) is 5.99. The van der Waals surface area contributed by atoms with Crippen molar-refractivity contribution in [3.05, 3.63) is 53.3 Å². The summed E-state index contributed by atoms with van der Waals surface area (Å²) >= 11 is 0. The third kappa shape index (κ3) is 2.17. The van der Waals surface area contributed by atoms with Gasteiger partial charge in [0.1, 0.15) is 11.8 Å². The Morgan fingerprint density at radius 3 is 2.80 bits per heavy atom. The van der Waals surface area contributed by atoms with E-state index in [9.17, 15) is 0 Å². The fraction of sp³-hybridized carbons (Fsp3) is 0.200. The summed E-state index contributed by atoms with van der Waals surface area (Å²) in [7, 11) is 0. The lowest BCUT2D eigenvalue weighted by atomic mass is 10.0. The number of nitriles is 1. The zero-order valence-corrected chi connectivity index (χ0v) is 12.1. The van der Waals surface area contributed by atoms with E-state index >= 15 is 0 Å². The molecule has 4 nitrogen and oxygen atoms in total. The molecule has 3 rings (SSSR count). The van der Waals surface area contributed by atoms with E-state index in [1.165, 1.54) is 0 Å². The Kier molecular flexibility index (Phi) is 3.82. The molecule has 2 aromatic heterocycles. The quantitative estimate of drug-likeness (QED) is 0.724. The average molecular weight is 288 g/mol. The second-order valence-electron chi connectivity index (χ2n) is 4.61.